The Bertz CT molecular complexity index is 979. The summed E-state index contributed by atoms with van der Waals surface area (Å²) in [5.74, 6) is 1.50. The topological polar surface area (TPSA) is 66.8 Å². The van der Waals surface area contributed by atoms with Crippen molar-refractivity contribution in [1.82, 2.24) is 24.6 Å². The van der Waals surface area contributed by atoms with Crippen LogP contribution in [-0.4, -0.2) is 43.6 Å². The first-order valence-corrected chi connectivity index (χ1v) is 10.1. The maximum atomic E-state index is 13.7. The summed E-state index contributed by atoms with van der Waals surface area (Å²) in [6.45, 7) is 2.36. The second-order valence-electron chi connectivity index (χ2n) is 8.00. The number of hydrogen-bond donors (Lipinski definition) is 1. The first-order chi connectivity index (χ1) is 13.7. The lowest BCUT2D eigenvalue weighted by Crippen LogP contribution is -2.41. The fourth-order valence-electron chi connectivity index (χ4n) is 4.77. The standard InChI is InChI=1S/C21H24FN5O/c22-16-2-3-19-17(11-16)18(12-23-19)14-5-8-26(9-6-14)21(28)15-1-4-20-25-24-13-27(20)10-7-15/h2-3,11-15,23H,1,4-10H2. The lowest BCUT2D eigenvalue weighted by atomic mass is 9.88. The smallest absolute Gasteiger partial charge is 0.225 e. The highest BCUT2D eigenvalue weighted by Gasteiger charge is 2.31. The Morgan fingerprint density at radius 3 is 2.86 bits per heavy atom. The van der Waals surface area contributed by atoms with Crippen LogP contribution in [0, 0.1) is 11.7 Å². The molecule has 2 aliphatic heterocycles. The number of aromatic nitrogens is 4. The molecule has 3 aromatic rings. The average molecular weight is 381 g/mol. The number of rotatable bonds is 2. The Hall–Kier alpha value is -2.70. The van der Waals surface area contributed by atoms with Crippen molar-refractivity contribution in [2.45, 2.75) is 44.6 Å². The summed E-state index contributed by atoms with van der Waals surface area (Å²) < 4.78 is 15.7. The van der Waals surface area contributed by atoms with Gasteiger partial charge in [0.05, 0.1) is 0 Å². The molecule has 6 nitrogen and oxygen atoms in total. The zero-order valence-electron chi connectivity index (χ0n) is 15.8. The number of likely N-dealkylation sites (tertiary alicyclic amines) is 1. The molecule has 0 spiro atoms. The van der Waals surface area contributed by atoms with Crippen LogP contribution in [0.1, 0.15) is 43.0 Å². The van der Waals surface area contributed by atoms with Crippen LogP contribution < -0.4 is 0 Å². The normalized spacial score (nSPS) is 20.9. The predicted molar refractivity (Wildman–Crippen MR) is 103 cm³/mol. The van der Waals surface area contributed by atoms with Gasteiger partial charge in [0.15, 0.2) is 0 Å². The third-order valence-electron chi connectivity index (χ3n) is 6.40. The van der Waals surface area contributed by atoms with Crippen LogP contribution in [0.2, 0.25) is 0 Å². The minimum atomic E-state index is -0.204. The molecule has 0 saturated carbocycles. The van der Waals surface area contributed by atoms with Gasteiger partial charge in [-0.25, -0.2) is 4.39 Å². The molecule has 1 aromatic carbocycles. The van der Waals surface area contributed by atoms with Gasteiger partial charge in [-0.3, -0.25) is 4.79 Å². The number of H-pyrrole nitrogens is 1. The van der Waals surface area contributed by atoms with Crippen LogP contribution in [0.15, 0.2) is 30.7 Å². The van der Waals surface area contributed by atoms with Crippen molar-refractivity contribution in [1.29, 1.82) is 0 Å². The van der Waals surface area contributed by atoms with E-state index in [4.69, 9.17) is 0 Å². The number of carbonyl (C=O) groups excluding carboxylic acids is 1. The highest BCUT2D eigenvalue weighted by molar-refractivity contribution is 5.84. The molecule has 0 radical (unpaired) electrons. The number of nitrogens with one attached hydrogen (secondary N) is 1. The number of halogens is 1. The zero-order chi connectivity index (χ0) is 19.1. The summed E-state index contributed by atoms with van der Waals surface area (Å²) >= 11 is 0. The number of carbonyl (C=O) groups is 1. The molecule has 0 bridgehead atoms. The molecule has 2 aliphatic rings. The van der Waals surface area contributed by atoms with Crippen LogP contribution in [0.4, 0.5) is 4.39 Å². The molecule has 5 rings (SSSR count). The van der Waals surface area contributed by atoms with Crippen molar-refractivity contribution in [2.24, 2.45) is 5.92 Å². The maximum absolute atomic E-state index is 13.7. The number of nitrogens with zero attached hydrogens (tertiary/aromatic N) is 4. The van der Waals surface area contributed by atoms with Crippen LogP contribution >= 0.6 is 0 Å². The monoisotopic (exact) mass is 381 g/mol. The Kier molecular flexibility index (Phi) is 4.37. The van der Waals surface area contributed by atoms with E-state index in [1.807, 2.05) is 11.1 Å². The van der Waals surface area contributed by atoms with Gasteiger partial charge >= 0.3 is 0 Å². The van der Waals surface area contributed by atoms with E-state index in [1.54, 1.807) is 18.5 Å². The number of amides is 1. The summed E-state index contributed by atoms with van der Waals surface area (Å²) in [6.07, 6.45) is 8.13. The van der Waals surface area contributed by atoms with E-state index >= 15 is 0 Å². The van der Waals surface area contributed by atoms with E-state index in [9.17, 15) is 9.18 Å². The fourth-order valence-corrected chi connectivity index (χ4v) is 4.77. The molecule has 1 fully saturated rings. The highest BCUT2D eigenvalue weighted by atomic mass is 19.1. The van der Waals surface area contributed by atoms with Gasteiger partial charge in [-0.2, -0.15) is 0 Å². The third kappa shape index (κ3) is 3.08. The summed E-state index contributed by atoms with van der Waals surface area (Å²) in [5.41, 5.74) is 2.15. The first kappa shape index (κ1) is 17.4. The van der Waals surface area contributed by atoms with Gasteiger partial charge in [0, 0.05) is 49.1 Å². The van der Waals surface area contributed by atoms with E-state index in [0.717, 1.165) is 68.5 Å². The quantitative estimate of drug-likeness (QED) is 0.741. The lowest BCUT2D eigenvalue weighted by molar-refractivity contribution is -0.137. The van der Waals surface area contributed by atoms with E-state index in [0.29, 0.717) is 5.92 Å². The fraction of sp³-hybridized carbons (Fsp3) is 0.476. The molecule has 2 aromatic heterocycles. The van der Waals surface area contributed by atoms with Gasteiger partial charge in [0.25, 0.3) is 0 Å². The number of piperidine rings is 1. The second-order valence-corrected chi connectivity index (χ2v) is 8.00. The van der Waals surface area contributed by atoms with Gasteiger partial charge in [0.1, 0.15) is 18.0 Å². The summed E-state index contributed by atoms with van der Waals surface area (Å²) in [6, 6.07) is 4.89. The second kappa shape index (κ2) is 7.04. The third-order valence-corrected chi connectivity index (χ3v) is 6.40. The van der Waals surface area contributed by atoms with Crippen LogP contribution in [-0.2, 0) is 17.8 Å². The summed E-state index contributed by atoms with van der Waals surface area (Å²) in [4.78, 5) is 18.3. The minimum Gasteiger partial charge on any atom is -0.361 e. The number of aromatic amines is 1. The highest BCUT2D eigenvalue weighted by Crippen LogP contribution is 2.34. The molecule has 1 atom stereocenters. The SMILES string of the molecule is O=C(C1CCc2nncn2CC1)N1CCC(c2c[nH]c3ccc(F)cc23)CC1. The molecule has 1 unspecified atom stereocenters. The molecule has 1 saturated heterocycles. The van der Waals surface area contributed by atoms with Gasteiger partial charge in [-0.1, -0.05) is 0 Å². The molecular weight excluding hydrogens is 357 g/mol. The average Bonchev–Trinajstić information content (AvgIpc) is 3.29. The molecular formula is C21H24FN5O. The van der Waals surface area contributed by atoms with Gasteiger partial charge in [-0.05, 0) is 55.4 Å². The molecule has 146 valence electrons. The lowest BCUT2D eigenvalue weighted by Gasteiger charge is -2.34. The number of hydrogen-bond acceptors (Lipinski definition) is 3. The van der Waals surface area contributed by atoms with Gasteiger partial charge < -0.3 is 14.5 Å². The van der Waals surface area contributed by atoms with Gasteiger partial charge in [0.2, 0.25) is 5.91 Å². The van der Waals surface area contributed by atoms with Crippen molar-refractivity contribution < 1.29 is 9.18 Å². The largest absolute Gasteiger partial charge is 0.361 e. The number of fused-ring (bicyclic) bond motifs is 2. The van der Waals surface area contributed by atoms with E-state index in [-0.39, 0.29) is 17.6 Å². The van der Waals surface area contributed by atoms with E-state index in [1.165, 1.54) is 11.6 Å². The molecule has 4 heterocycles. The number of benzene rings is 1. The summed E-state index contributed by atoms with van der Waals surface area (Å²) in [7, 11) is 0. The van der Waals surface area contributed by atoms with Crippen molar-refractivity contribution in [2.75, 3.05) is 13.1 Å². The predicted octanol–water partition coefficient (Wildman–Crippen LogP) is 3.26. The minimum absolute atomic E-state index is 0.0698. The molecule has 7 heteroatoms. The Morgan fingerprint density at radius 1 is 1.14 bits per heavy atom. The molecule has 1 amide bonds. The van der Waals surface area contributed by atoms with Crippen molar-refractivity contribution in [3.63, 3.8) is 0 Å². The van der Waals surface area contributed by atoms with Crippen molar-refractivity contribution >= 4 is 16.8 Å². The molecule has 28 heavy (non-hydrogen) atoms. The Morgan fingerprint density at radius 2 is 2.00 bits per heavy atom. The molecule has 0 aliphatic carbocycles. The van der Waals surface area contributed by atoms with Crippen LogP contribution in [0.5, 0.6) is 0 Å². The number of aryl methyl sites for hydroxylation is 2. The van der Waals surface area contributed by atoms with E-state index < -0.39 is 0 Å². The maximum Gasteiger partial charge on any atom is 0.225 e. The Balaban J connectivity index is 1.23. The van der Waals surface area contributed by atoms with Crippen molar-refractivity contribution in [3.05, 3.63) is 47.9 Å². The Labute approximate surface area is 162 Å². The zero-order valence-corrected chi connectivity index (χ0v) is 15.8. The van der Waals surface area contributed by atoms with Crippen molar-refractivity contribution in [3.8, 4) is 0 Å². The summed E-state index contributed by atoms with van der Waals surface area (Å²) in [5, 5.41) is 9.08. The van der Waals surface area contributed by atoms with Crippen LogP contribution in [0.25, 0.3) is 10.9 Å². The van der Waals surface area contributed by atoms with E-state index in [2.05, 4.69) is 19.7 Å². The molecule has 1 N–H and O–H groups in total. The van der Waals surface area contributed by atoms with Crippen LogP contribution in [0.3, 0.4) is 0 Å². The van der Waals surface area contributed by atoms with Gasteiger partial charge in [-0.15, -0.1) is 10.2 Å². The first-order valence-electron chi connectivity index (χ1n) is 10.1.